The van der Waals surface area contributed by atoms with E-state index in [2.05, 4.69) is 27.8 Å². The lowest BCUT2D eigenvalue weighted by molar-refractivity contribution is 0.0882. The number of amides is 1. The molecule has 0 saturated carbocycles. The smallest absolute Gasteiger partial charge is 0.272 e. The van der Waals surface area contributed by atoms with Gasteiger partial charge in [-0.3, -0.25) is 9.89 Å². The Bertz CT molecular complexity index is 385. The Morgan fingerprint density at radius 1 is 1.47 bits per heavy atom. The van der Waals surface area contributed by atoms with Gasteiger partial charge in [0.05, 0.1) is 0 Å². The van der Waals surface area contributed by atoms with Crippen LogP contribution >= 0.6 is 12.4 Å². The van der Waals surface area contributed by atoms with Crippen LogP contribution in [0.15, 0.2) is 6.07 Å². The normalized spacial score (nSPS) is 18.2. The molecule has 1 amide bonds. The van der Waals surface area contributed by atoms with Crippen LogP contribution in [-0.4, -0.2) is 34.7 Å². The maximum atomic E-state index is 11.9. The van der Waals surface area contributed by atoms with Gasteiger partial charge in [-0.2, -0.15) is 5.10 Å². The Hall–Kier alpha value is -1.07. The number of carbonyl (C=O) groups excluding carboxylic acids is 1. The van der Waals surface area contributed by atoms with Crippen LogP contribution in [0, 0.1) is 6.92 Å². The third-order valence-corrected chi connectivity index (χ3v) is 3.06. The van der Waals surface area contributed by atoms with Gasteiger partial charge < -0.3 is 10.6 Å². The molecule has 96 valence electrons. The maximum Gasteiger partial charge on any atom is 0.272 e. The number of H-pyrrole nitrogens is 1. The van der Waals surface area contributed by atoms with Crippen molar-refractivity contribution in [2.24, 2.45) is 0 Å². The molecule has 3 N–H and O–H groups in total. The Morgan fingerprint density at radius 3 is 2.65 bits per heavy atom. The van der Waals surface area contributed by atoms with Gasteiger partial charge in [0, 0.05) is 11.2 Å². The van der Waals surface area contributed by atoms with Crippen LogP contribution in [0.2, 0.25) is 0 Å². The molecule has 2 heterocycles. The van der Waals surface area contributed by atoms with Crippen molar-refractivity contribution in [1.29, 1.82) is 0 Å². The van der Waals surface area contributed by atoms with Crippen LogP contribution in [0.4, 0.5) is 0 Å². The van der Waals surface area contributed by atoms with E-state index in [1.54, 1.807) is 6.07 Å². The number of halogens is 1. The first kappa shape index (κ1) is 14.0. The van der Waals surface area contributed by atoms with Gasteiger partial charge in [0.2, 0.25) is 0 Å². The van der Waals surface area contributed by atoms with Crippen LogP contribution in [0.3, 0.4) is 0 Å². The van der Waals surface area contributed by atoms with Gasteiger partial charge in [-0.25, -0.2) is 0 Å². The predicted molar refractivity (Wildman–Crippen MR) is 68.5 cm³/mol. The highest BCUT2D eigenvalue weighted by molar-refractivity contribution is 5.92. The average Bonchev–Trinajstić information content (AvgIpc) is 2.65. The molecule has 0 aromatic carbocycles. The summed E-state index contributed by atoms with van der Waals surface area (Å²) in [4.78, 5) is 11.9. The Labute approximate surface area is 107 Å². The monoisotopic (exact) mass is 258 g/mol. The van der Waals surface area contributed by atoms with Crippen molar-refractivity contribution in [3.05, 3.63) is 17.5 Å². The van der Waals surface area contributed by atoms with Crippen LogP contribution in [0.1, 0.15) is 35.9 Å². The maximum absolute atomic E-state index is 11.9. The standard InChI is InChI=1S/C11H18N4O.ClH/c1-8-7-9(15-14-8)10(16)13-11(2)3-5-12-6-4-11;/h7,12H,3-6H2,1-2H3,(H,13,16)(H,14,15);1H. The minimum Gasteiger partial charge on any atom is -0.345 e. The summed E-state index contributed by atoms with van der Waals surface area (Å²) in [6, 6.07) is 1.76. The topological polar surface area (TPSA) is 69.8 Å². The first-order valence-electron chi connectivity index (χ1n) is 5.64. The number of aryl methyl sites for hydroxylation is 1. The summed E-state index contributed by atoms with van der Waals surface area (Å²) in [6.45, 7) is 5.88. The third kappa shape index (κ3) is 3.44. The molecule has 2 rings (SSSR count). The molecular formula is C11H19ClN4O. The molecule has 1 aliphatic heterocycles. The molecule has 1 fully saturated rings. The Kier molecular flexibility index (Phi) is 4.54. The van der Waals surface area contributed by atoms with E-state index in [9.17, 15) is 4.79 Å². The summed E-state index contributed by atoms with van der Waals surface area (Å²) in [5, 5.41) is 13.1. The van der Waals surface area contributed by atoms with E-state index in [1.807, 2.05) is 6.92 Å². The third-order valence-electron chi connectivity index (χ3n) is 3.06. The zero-order chi connectivity index (χ0) is 11.6. The lowest BCUT2D eigenvalue weighted by Crippen LogP contribution is -2.52. The molecular weight excluding hydrogens is 240 g/mol. The van der Waals surface area contributed by atoms with Crippen LogP contribution in [0.5, 0.6) is 0 Å². The lowest BCUT2D eigenvalue weighted by atomic mass is 9.90. The number of nitrogens with zero attached hydrogens (tertiary/aromatic N) is 1. The molecule has 17 heavy (non-hydrogen) atoms. The molecule has 5 nitrogen and oxygen atoms in total. The number of aromatic amines is 1. The van der Waals surface area contributed by atoms with Crippen molar-refractivity contribution in [2.75, 3.05) is 13.1 Å². The summed E-state index contributed by atoms with van der Waals surface area (Å²) in [5.74, 6) is -0.0891. The van der Waals surface area contributed by atoms with Crippen LogP contribution in [-0.2, 0) is 0 Å². The molecule has 0 bridgehead atoms. The summed E-state index contributed by atoms with van der Waals surface area (Å²) >= 11 is 0. The molecule has 1 saturated heterocycles. The average molecular weight is 259 g/mol. The Morgan fingerprint density at radius 2 is 2.12 bits per heavy atom. The lowest BCUT2D eigenvalue weighted by Gasteiger charge is -2.34. The largest absolute Gasteiger partial charge is 0.345 e. The highest BCUT2D eigenvalue weighted by Gasteiger charge is 2.29. The van der Waals surface area contributed by atoms with Gasteiger partial charge in [0.25, 0.3) is 5.91 Å². The summed E-state index contributed by atoms with van der Waals surface area (Å²) in [5.41, 5.74) is 1.27. The van der Waals surface area contributed by atoms with Crippen LogP contribution < -0.4 is 10.6 Å². The van der Waals surface area contributed by atoms with Crippen molar-refractivity contribution >= 4 is 18.3 Å². The molecule has 0 aliphatic carbocycles. The fourth-order valence-corrected chi connectivity index (χ4v) is 1.98. The quantitative estimate of drug-likeness (QED) is 0.742. The van der Waals surface area contributed by atoms with E-state index in [1.165, 1.54) is 0 Å². The molecule has 1 aromatic heterocycles. The minimum absolute atomic E-state index is 0. The first-order chi connectivity index (χ1) is 7.59. The molecule has 0 radical (unpaired) electrons. The van der Waals surface area contributed by atoms with Gasteiger partial charge in [0.15, 0.2) is 0 Å². The predicted octanol–water partition coefficient (Wildman–Crippen LogP) is 1.01. The van der Waals surface area contributed by atoms with Crippen molar-refractivity contribution in [3.8, 4) is 0 Å². The second kappa shape index (κ2) is 5.51. The highest BCUT2D eigenvalue weighted by Crippen LogP contribution is 2.17. The van der Waals surface area contributed by atoms with Gasteiger partial charge >= 0.3 is 0 Å². The number of piperidine rings is 1. The van der Waals surface area contributed by atoms with E-state index in [0.29, 0.717) is 5.69 Å². The fourth-order valence-electron chi connectivity index (χ4n) is 1.98. The van der Waals surface area contributed by atoms with Gasteiger partial charge in [-0.1, -0.05) is 0 Å². The summed E-state index contributed by atoms with van der Waals surface area (Å²) in [7, 11) is 0. The zero-order valence-electron chi connectivity index (χ0n) is 10.2. The molecule has 0 unspecified atom stereocenters. The molecule has 1 aliphatic rings. The number of hydrogen-bond acceptors (Lipinski definition) is 3. The number of nitrogens with one attached hydrogen (secondary N) is 3. The second-order valence-electron chi connectivity index (χ2n) is 4.70. The first-order valence-corrected chi connectivity index (χ1v) is 5.64. The zero-order valence-corrected chi connectivity index (χ0v) is 11.0. The van der Waals surface area contributed by atoms with Crippen molar-refractivity contribution in [1.82, 2.24) is 20.8 Å². The van der Waals surface area contributed by atoms with E-state index in [4.69, 9.17) is 0 Å². The number of carbonyl (C=O) groups is 1. The number of aromatic nitrogens is 2. The van der Waals surface area contributed by atoms with Crippen molar-refractivity contribution in [3.63, 3.8) is 0 Å². The van der Waals surface area contributed by atoms with Crippen LogP contribution in [0.25, 0.3) is 0 Å². The minimum atomic E-state index is -0.102. The fraction of sp³-hybridized carbons (Fsp3) is 0.636. The summed E-state index contributed by atoms with van der Waals surface area (Å²) in [6.07, 6.45) is 1.92. The van der Waals surface area contributed by atoms with E-state index in [-0.39, 0.29) is 23.9 Å². The highest BCUT2D eigenvalue weighted by atomic mass is 35.5. The SMILES string of the molecule is Cc1cc(C(=O)NC2(C)CCNCC2)n[nH]1.Cl. The summed E-state index contributed by atoms with van der Waals surface area (Å²) < 4.78 is 0. The molecule has 6 heteroatoms. The van der Waals surface area contributed by atoms with Crippen molar-refractivity contribution in [2.45, 2.75) is 32.2 Å². The number of rotatable bonds is 2. The van der Waals surface area contributed by atoms with E-state index >= 15 is 0 Å². The molecule has 1 aromatic rings. The van der Waals surface area contributed by atoms with E-state index in [0.717, 1.165) is 31.6 Å². The van der Waals surface area contributed by atoms with Gasteiger partial charge in [-0.15, -0.1) is 12.4 Å². The van der Waals surface area contributed by atoms with Gasteiger partial charge in [-0.05, 0) is 45.8 Å². The van der Waals surface area contributed by atoms with Gasteiger partial charge in [0.1, 0.15) is 5.69 Å². The van der Waals surface area contributed by atoms with E-state index < -0.39 is 0 Å². The Balaban J connectivity index is 0.00000144. The van der Waals surface area contributed by atoms with Crippen molar-refractivity contribution < 1.29 is 4.79 Å². The number of hydrogen-bond donors (Lipinski definition) is 3. The second-order valence-corrected chi connectivity index (χ2v) is 4.70. The molecule has 0 spiro atoms. The molecule has 0 atom stereocenters.